The van der Waals surface area contributed by atoms with Gasteiger partial charge in [-0.25, -0.2) is 0 Å². The summed E-state index contributed by atoms with van der Waals surface area (Å²) < 4.78 is 0. The molecule has 0 spiro atoms. The molecule has 3 heteroatoms. The van der Waals surface area contributed by atoms with E-state index < -0.39 is 0 Å². The predicted molar refractivity (Wildman–Crippen MR) is 51.2 cm³/mol. The second-order valence-electron chi connectivity index (χ2n) is 2.81. The lowest BCUT2D eigenvalue weighted by Crippen LogP contribution is -2.24. The number of amides is 1. The summed E-state index contributed by atoms with van der Waals surface area (Å²) in [5, 5.41) is 2.82. The zero-order valence-electron chi connectivity index (χ0n) is 7.79. The molecule has 0 fully saturated rings. The number of carbonyl (C=O) groups is 1. The first-order chi connectivity index (χ1) is 6.33. The van der Waals surface area contributed by atoms with Crippen molar-refractivity contribution in [1.82, 2.24) is 10.3 Å². The van der Waals surface area contributed by atoms with Gasteiger partial charge in [0.2, 0.25) is 5.91 Å². The molecule has 13 heavy (non-hydrogen) atoms. The Bertz CT molecular complexity index is 259. The summed E-state index contributed by atoms with van der Waals surface area (Å²) in [4.78, 5) is 14.8. The molecule has 1 aromatic rings. The van der Waals surface area contributed by atoms with E-state index in [1.54, 1.807) is 12.4 Å². The molecule has 70 valence electrons. The van der Waals surface area contributed by atoms with Crippen LogP contribution in [0.15, 0.2) is 24.5 Å². The maximum absolute atomic E-state index is 10.9. The monoisotopic (exact) mass is 178 g/mol. The van der Waals surface area contributed by atoms with E-state index in [0.717, 1.165) is 6.42 Å². The molecular formula is C10H14N2O. The maximum Gasteiger partial charge on any atom is 0.219 e. The van der Waals surface area contributed by atoms with Crippen molar-refractivity contribution >= 4 is 5.91 Å². The largest absolute Gasteiger partial charge is 0.356 e. The minimum atomic E-state index is 0.106. The van der Waals surface area contributed by atoms with Crippen molar-refractivity contribution in [3.8, 4) is 0 Å². The molecule has 1 amide bonds. The number of pyridine rings is 1. The van der Waals surface area contributed by atoms with Gasteiger partial charge in [-0.3, -0.25) is 9.78 Å². The Morgan fingerprint density at radius 3 is 2.77 bits per heavy atom. The van der Waals surface area contributed by atoms with Crippen LogP contribution in [0.5, 0.6) is 0 Å². The van der Waals surface area contributed by atoms with Crippen LogP contribution < -0.4 is 5.32 Å². The van der Waals surface area contributed by atoms with E-state index in [1.807, 2.05) is 19.1 Å². The molecule has 0 saturated heterocycles. The number of nitrogens with one attached hydrogen (secondary N) is 1. The van der Waals surface area contributed by atoms with E-state index in [1.165, 1.54) is 5.56 Å². The van der Waals surface area contributed by atoms with E-state index in [4.69, 9.17) is 0 Å². The molecule has 0 saturated carbocycles. The van der Waals surface area contributed by atoms with Crippen molar-refractivity contribution in [2.24, 2.45) is 0 Å². The summed E-state index contributed by atoms with van der Waals surface area (Å²) in [5.41, 5.74) is 1.20. The van der Waals surface area contributed by atoms with Crippen LogP contribution in [0.1, 0.15) is 18.9 Å². The highest BCUT2D eigenvalue weighted by Gasteiger charge is 1.95. The van der Waals surface area contributed by atoms with Gasteiger partial charge in [0, 0.05) is 25.4 Å². The van der Waals surface area contributed by atoms with Crippen LogP contribution >= 0.6 is 0 Å². The molecule has 0 aliphatic rings. The minimum Gasteiger partial charge on any atom is -0.356 e. The van der Waals surface area contributed by atoms with Gasteiger partial charge in [-0.1, -0.05) is 6.92 Å². The lowest BCUT2D eigenvalue weighted by molar-refractivity contribution is -0.120. The smallest absolute Gasteiger partial charge is 0.219 e. The maximum atomic E-state index is 10.9. The van der Waals surface area contributed by atoms with Crippen LogP contribution in [-0.4, -0.2) is 17.4 Å². The fourth-order valence-corrected chi connectivity index (χ4v) is 1.02. The van der Waals surface area contributed by atoms with Crippen LogP contribution in [-0.2, 0) is 11.2 Å². The Balaban J connectivity index is 2.24. The van der Waals surface area contributed by atoms with Crippen LogP contribution in [0, 0.1) is 0 Å². The van der Waals surface area contributed by atoms with Gasteiger partial charge in [0.05, 0.1) is 0 Å². The summed E-state index contributed by atoms with van der Waals surface area (Å²) >= 11 is 0. The molecule has 0 aromatic carbocycles. The Kier molecular flexibility index (Phi) is 3.96. The van der Waals surface area contributed by atoms with E-state index in [2.05, 4.69) is 10.3 Å². The molecule has 0 atom stereocenters. The number of hydrogen-bond acceptors (Lipinski definition) is 2. The Morgan fingerprint density at radius 1 is 1.46 bits per heavy atom. The molecule has 1 heterocycles. The van der Waals surface area contributed by atoms with Gasteiger partial charge in [0.25, 0.3) is 0 Å². The van der Waals surface area contributed by atoms with Gasteiger partial charge in [0.1, 0.15) is 0 Å². The van der Waals surface area contributed by atoms with Crippen LogP contribution in [0.4, 0.5) is 0 Å². The topological polar surface area (TPSA) is 42.0 Å². The van der Waals surface area contributed by atoms with Crippen molar-refractivity contribution in [2.45, 2.75) is 19.8 Å². The zero-order chi connectivity index (χ0) is 9.52. The number of carbonyl (C=O) groups excluding carboxylic acids is 1. The van der Waals surface area contributed by atoms with Gasteiger partial charge in [-0.05, 0) is 24.1 Å². The third-order valence-corrected chi connectivity index (χ3v) is 1.81. The molecular weight excluding hydrogens is 164 g/mol. The fourth-order valence-electron chi connectivity index (χ4n) is 1.02. The molecule has 1 rings (SSSR count). The van der Waals surface area contributed by atoms with E-state index in [9.17, 15) is 4.79 Å². The van der Waals surface area contributed by atoms with Crippen molar-refractivity contribution < 1.29 is 4.79 Å². The first kappa shape index (κ1) is 9.71. The van der Waals surface area contributed by atoms with Gasteiger partial charge in [-0.2, -0.15) is 0 Å². The fraction of sp³-hybridized carbons (Fsp3) is 0.400. The number of nitrogens with zero attached hydrogens (tertiary/aromatic N) is 1. The number of hydrogen-bond donors (Lipinski definition) is 1. The first-order valence-electron chi connectivity index (χ1n) is 4.48. The molecule has 0 aliphatic heterocycles. The lowest BCUT2D eigenvalue weighted by Gasteiger charge is -2.02. The normalized spacial score (nSPS) is 9.62. The zero-order valence-corrected chi connectivity index (χ0v) is 7.79. The Labute approximate surface area is 78.2 Å². The second-order valence-corrected chi connectivity index (χ2v) is 2.81. The molecule has 1 aromatic heterocycles. The minimum absolute atomic E-state index is 0.106. The quantitative estimate of drug-likeness (QED) is 0.751. The average molecular weight is 178 g/mol. The van der Waals surface area contributed by atoms with Gasteiger partial charge >= 0.3 is 0 Å². The van der Waals surface area contributed by atoms with Gasteiger partial charge in [-0.15, -0.1) is 0 Å². The molecule has 1 N–H and O–H groups in total. The predicted octanol–water partition coefficient (Wildman–Crippen LogP) is 1.15. The van der Waals surface area contributed by atoms with Crippen LogP contribution in [0.3, 0.4) is 0 Å². The summed E-state index contributed by atoms with van der Waals surface area (Å²) in [6.07, 6.45) is 4.94. The van der Waals surface area contributed by atoms with Crippen LogP contribution in [0.2, 0.25) is 0 Å². The van der Waals surface area contributed by atoms with Gasteiger partial charge in [0.15, 0.2) is 0 Å². The Morgan fingerprint density at radius 2 is 2.15 bits per heavy atom. The van der Waals surface area contributed by atoms with Crippen molar-refractivity contribution in [3.05, 3.63) is 30.1 Å². The highest BCUT2D eigenvalue weighted by Crippen LogP contribution is 1.95. The van der Waals surface area contributed by atoms with Crippen LogP contribution in [0.25, 0.3) is 0 Å². The van der Waals surface area contributed by atoms with E-state index in [0.29, 0.717) is 13.0 Å². The molecule has 0 aliphatic carbocycles. The third kappa shape index (κ3) is 3.69. The second kappa shape index (κ2) is 5.30. The molecule has 0 unspecified atom stereocenters. The highest BCUT2D eigenvalue weighted by atomic mass is 16.1. The first-order valence-corrected chi connectivity index (χ1v) is 4.48. The lowest BCUT2D eigenvalue weighted by atomic mass is 10.2. The highest BCUT2D eigenvalue weighted by molar-refractivity contribution is 5.75. The summed E-state index contributed by atoms with van der Waals surface area (Å²) in [6.45, 7) is 2.55. The SMILES string of the molecule is CCC(=O)NCCc1ccncc1. The van der Waals surface area contributed by atoms with Crippen molar-refractivity contribution in [2.75, 3.05) is 6.54 Å². The van der Waals surface area contributed by atoms with Gasteiger partial charge < -0.3 is 5.32 Å². The standard InChI is InChI=1S/C10H14N2O/c1-2-10(13)12-8-5-9-3-6-11-7-4-9/h3-4,6-7H,2,5,8H2,1H3,(H,12,13). The van der Waals surface area contributed by atoms with Crippen molar-refractivity contribution in [3.63, 3.8) is 0 Å². The third-order valence-electron chi connectivity index (χ3n) is 1.81. The molecule has 0 bridgehead atoms. The molecule has 0 radical (unpaired) electrons. The summed E-state index contributed by atoms with van der Waals surface area (Å²) in [7, 11) is 0. The summed E-state index contributed by atoms with van der Waals surface area (Å²) in [6, 6.07) is 3.91. The average Bonchev–Trinajstić information content (AvgIpc) is 2.19. The van der Waals surface area contributed by atoms with E-state index >= 15 is 0 Å². The summed E-state index contributed by atoms with van der Waals surface area (Å²) in [5.74, 6) is 0.106. The number of rotatable bonds is 4. The van der Waals surface area contributed by atoms with E-state index in [-0.39, 0.29) is 5.91 Å². The Hall–Kier alpha value is -1.38. The van der Waals surface area contributed by atoms with Crippen molar-refractivity contribution in [1.29, 1.82) is 0 Å². The molecule has 3 nitrogen and oxygen atoms in total. The number of aromatic nitrogens is 1.